The average molecular weight is 524 g/mol. The van der Waals surface area contributed by atoms with Gasteiger partial charge in [-0.2, -0.15) is 13.2 Å². The Morgan fingerprint density at radius 2 is 1.49 bits per heavy atom. The molecular weight excluding hydrogens is 506 g/mol. The number of aliphatic carboxylic acids is 1. The minimum Gasteiger partial charge on any atom is -0.475 e. The van der Waals surface area contributed by atoms with Crippen molar-refractivity contribution in [3.63, 3.8) is 0 Å². The second-order valence-corrected chi connectivity index (χ2v) is 8.33. The van der Waals surface area contributed by atoms with E-state index in [2.05, 4.69) is 4.99 Å². The van der Waals surface area contributed by atoms with E-state index in [1.807, 2.05) is 66.7 Å². The van der Waals surface area contributed by atoms with Crippen molar-refractivity contribution in [1.82, 2.24) is 4.90 Å². The number of rotatable bonds is 3. The van der Waals surface area contributed by atoms with Crippen LogP contribution in [0.4, 0.5) is 13.2 Å². The highest BCUT2D eigenvalue weighted by atomic mass is 35.5. The van der Waals surface area contributed by atoms with E-state index in [1.54, 1.807) is 13.1 Å². The van der Waals surface area contributed by atoms with E-state index in [0.717, 1.165) is 22.3 Å². The number of nitrogens with zero attached hydrogens (tertiary/aromatic N) is 2. The van der Waals surface area contributed by atoms with Crippen molar-refractivity contribution < 1.29 is 27.9 Å². The molecular formula is C24H18Cl2F3N3O3. The van der Waals surface area contributed by atoms with Crippen molar-refractivity contribution in [3.8, 4) is 11.1 Å². The number of carbonyl (C=O) groups is 2. The van der Waals surface area contributed by atoms with Crippen LogP contribution in [-0.2, 0) is 15.1 Å². The second kappa shape index (κ2) is 9.97. The molecule has 0 fully saturated rings. The lowest BCUT2D eigenvalue weighted by Gasteiger charge is -2.26. The molecule has 1 aliphatic heterocycles. The first kappa shape index (κ1) is 26.1. The van der Waals surface area contributed by atoms with Crippen molar-refractivity contribution in [2.45, 2.75) is 11.7 Å². The monoisotopic (exact) mass is 523 g/mol. The normalized spacial score (nSPS) is 17.5. The molecule has 0 radical (unpaired) electrons. The Kier molecular flexibility index (Phi) is 7.42. The standard InChI is InChI=1S/C22H17Cl2N3O.C2HF3O2/c1-27-20(28)22(26-21(27)25,16-7-3-2-4-8-16)17-9-5-6-14(10-17)15-11-18(23)13-19(24)12-15;3-2(4,5)1(6)7/h2-13H,1H3,(H2,25,26);(H,6,7). The van der Waals surface area contributed by atoms with Crippen LogP contribution in [0.15, 0.2) is 77.8 Å². The van der Waals surface area contributed by atoms with Crippen molar-refractivity contribution >= 4 is 41.0 Å². The van der Waals surface area contributed by atoms with E-state index < -0.39 is 17.7 Å². The molecule has 35 heavy (non-hydrogen) atoms. The van der Waals surface area contributed by atoms with Gasteiger partial charge in [-0.25, -0.2) is 9.79 Å². The number of carbonyl (C=O) groups excluding carboxylic acids is 1. The molecule has 0 saturated heterocycles. The molecule has 0 bridgehead atoms. The largest absolute Gasteiger partial charge is 0.490 e. The van der Waals surface area contributed by atoms with Crippen LogP contribution < -0.4 is 5.73 Å². The molecule has 1 atom stereocenters. The van der Waals surface area contributed by atoms with Crippen LogP contribution in [0.2, 0.25) is 10.0 Å². The summed E-state index contributed by atoms with van der Waals surface area (Å²) in [6.07, 6.45) is -5.08. The number of guanidine groups is 1. The Hall–Kier alpha value is -3.56. The zero-order valence-electron chi connectivity index (χ0n) is 18.1. The molecule has 1 unspecified atom stereocenters. The summed E-state index contributed by atoms with van der Waals surface area (Å²) in [6, 6.07) is 22.4. The van der Waals surface area contributed by atoms with Crippen LogP contribution in [0.5, 0.6) is 0 Å². The van der Waals surface area contributed by atoms with E-state index in [-0.39, 0.29) is 11.9 Å². The second-order valence-electron chi connectivity index (χ2n) is 7.45. The molecule has 1 aliphatic rings. The van der Waals surface area contributed by atoms with Gasteiger partial charge in [-0.1, -0.05) is 71.7 Å². The molecule has 0 aliphatic carbocycles. The maximum Gasteiger partial charge on any atom is 0.490 e. The third-order valence-electron chi connectivity index (χ3n) is 5.15. The number of hydrogen-bond acceptors (Lipinski definition) is 4. The number of halogens is 5. The average Bonchev–Trinajstić information content (AvgIpc) is 3.04. The quantitative estimate of drug-likeness (QED) is 0.485. The highest BCUT2D eigenvalue weighted by Gasteiger charge is 2.49. The first-order valence-corrected chi connectivity index (χ1v) is 10.7. The van der Waals surface area contributed by atoms with Gasteiger partial charge in [0.15, 0.2) is 11.5 Å². The molecule has 1 amide bonds. The molecule has 3 aromatic rings. The lowest BCUT2D eigenvalue weighted by molar-refractivity contribution is -0.192. The van der Waals surface area contributed by atoms with Gasteiger partial charge in [0.1, 0.15) is 0 Å². The minimum absolute atomic E-state index is 0.185. The maximum atomic E-state index is 13.3. The molecule has 1 heterocycles. The van der Waals surface area contributed by atoms with Gasteiger partial charge in [-0.15, -0.1) is 0 Å². The van der Waals surface area contributed by atoms with E-state index in [0.29, 0.717) is 10.0 Å². The molecule has 0 spiro atoms. The Morgan fingerprint density at radius 3 is 1.97 bits per heavy atom. The predicted molar refractivity (Wildman–Crippen MR) is 127 cm³/mol. The Balaban J connectivity index is 0.000000429. The molecule has 182 valence electrons. The maximum absolute atomic E-state index is 13.3. The van der Waals surface area contributed by atoms with Crippen LogP contribution in [0.1, 0.15) is 11.1 Å². The van der Waals surface area contributed by atoms with Crippen molar-refractivity contribution in [1.29, 1.82) is 0 Å². The van der Waals surface area contributed by atoms with Gasteiger partial charge in [0, 0.05) is 17.1 Å². The van der Waals surface area contributed by atoms with Crippen molar-refractivity contribution in [2.24, 2.45) is 10.7 Å². The molecule has 3 aromatic carbocycles. The van der Waals surface area contributed by atoms with Gasteiger partial charge in [-0.05, 0) is 46.5 Å². The molecule has 11 heteroatoms. The summed E-state index contributed by atoms with van der Waals surface area (Å²) < 4.78 is 31.7. The summed E-state index contributed by atoms with van der Waals surface area (Å²) in [4.78, 5) is 28.2. The predicted octanol–water partition coefficient (Wildman–Crippen LogP) is 5.32. The molecule has 0 saturated carbocycles. The highest BCUT2D eigenvalue weighted by molar-refractivity contribution is 6.35. The zero-order chi connectivity index (χ0) is 26.0. The highest BCUT2D eigenvalue weighted by Crippen LogP contribution is 2.40. The fourth-order valence-electron chi connectivity index (χ4n) is 3.51. The summed E-state index contributed by atoms with van der Waals surface area (Å²) >= 11 is 12.3. The van der Waals surface area contributed by atoms with E-state index in [9.17, 15) is 18.0 Å². The first-order chi connectivity index (χ1) is 16.4. The van der Waals surface area contributed by atoms with Gasteiger partial charge < -0.3 is 10.8 Å². The van der Waals surface area contributed by atoms with Gasteiger partial charge in [0.25, 0.3) is 5.91 Å². The SMILES string of the molecule is CN1C(=O)C(c2ccccc2)(c2cccc(-c3cc(Cl)cc(Cl)c3)c2)N=C1N.O=C(O)C(F)(F)F. The topological polar surface area (TPSA) is 96.0 Å². The summed E-state index contributed by atoms with van der Waals surface area (Å²) in [5.74, 6) is -2.77. The smallest absolute Gasteiger partial charge is 0.475 e. The first-order valence-electron chi connectivity index (χ1n) is 9.92. The Morgan fingerprint density at radius 1 is 0.943 bits per heavy atom. The molecule has 6 nitrogen and oxygen atoms in total. The Bertz CT molecular complexity index is 1280. The number of benzene rings is 3. The number of alkyl halides is 3. The zero-order valence-corrected chi connectivity index (χ0v) is 19.6. The van der Waals surface area contributed by atoms with Crippen molar-refractivity contribution in [2.75, 3.05) is 7.05 Å². The fraction of sp³-hybridized carbons (Fsp3) is 0.125. The summed E-state index contributed by atoms with van der Waals surface area (Å²) in [5, 5.41) is 8.22. The summed E-state index contributed by atoms with van der Waals surface area (Å²) in [6.45, 7) is 0. The molecule has 4 rings (SSSR count). The van der Waals surface area contributed by atoms with Crippen LogP contribution in [-0.4, -0.2) is 41.1 Å². The fourth-order valence-corrected chi connectivity index (χ4v) is 4.03. The number of aliphatic imine (C=N–C) groups is 1. The summed E-state index contributed by atoms with van der Waals surface area (Å²) in [7, 11) is 1.63. The lowest BCUT2D eigenvalue weighted by Crippen LogP contribution is -2.41. The number of nitrogens with two attached hydrogens (primary N) is 1. The molecule has 0 aromatic heterocycles. The lowest BCUT2D eigenvalue weighted by atomic mass is 9.82. The Labute approximate surface area is 208 Å². The van der Waals surface area contributed by atoms with Gasteiger partial charge in [0.2, 0.25) is 0 Å². The number of carboxylic acids is 1. The van der Waals surface area contributed by atoms with Crippen LogP contribution in [0.25, 0.3) is 11.1 Å². The number of hydrogen-bond donors (Lipinski definition) is 2. The van der Waals surface area contributed by atoms with Crippen LogP contribution >= 0.6 is 23.2 Å². The third kappa shape index (κ3) is 5.41. The minimum atomic E-state index is -5.08. The molecule has 3 N–H and O–H groups in total. The van der Waals surface area contributed by atoms with Gasteiger partial charge >= 0.3 is 12.1 Å². The van der Waals surface area contributed by atoms with E-state index in [1.165, 1.54) is 4.90 Å². The van der Waals surface area contributed by atoms with Crippen molar-refractivity contribution in [3.05, 3.63) is 94.0 Å². The van der Waals surface area contributed by atoms with E-state index in [4.69, 9.17) is 38.8 Å². The summed E-state index contributed by atoms with van der Waals surface area (Å²) in [5.41, 5.74) is 8.03. The van der Waals surface area contributed by atoms with E-state index >= 15 is 0 Å². The van der Waals surface area contributed by atoms with Crippen LogP contribution in [0, 0.1) is 0 Å². The van der Waals surface area contributed by atoms with Crippen LogP contribution in [0.3, 0.4) is 0 Å². The number of likely N-dealkylation sites (N-methyl/N-ethyl adjacent to an activating group) is 1. The number of carboxylic acid groups (broad SMARTS) is 1. The third-order valence-corrected chi connectivity index (χ3v) is 5.59. The van der Waals surface area contributed by atoms with Gasteiger partial charge in [0.05, 0.1) is 0 Å². The number of amides is 1. The van der Waals surface area contributed by atoms with Gasteiger partial charge in [-0.3, -0.25) is 9.69 Å².